The normalized spacial score (nSPS) is 15.2. The van der Waals surface area contributed by atoms with Crippen molar-refractivity contribution in [1.29, 1.82) is 0 Å². The van der Waals surface area contributed by atoms with Gasteiger partial charge in [-0.3, -0.25) is 0 Å². The fraction of sp³-hybridized carbons (Fsp3) is 0.917. The molecular weight excluding hydrogens is 336 g/mol. The van der Waals surface area contributed by atoms with Gasteiger partial charge in [0, 0.05) is 18.1 Å². The monoisotopic (exact) mass is 380 g/mol. The van der Waals surface area contributed by atoms with Crippen molar-refractivity contribution in [3.63, 3.8) is 0 Å². The Morgan fingerprint density at radius 3 is 2.08 bits per heavy atom. The lowest BCUT2D eigenvalue weighted by Crippen LogP contribution is -2.05. The topological polar surface area (TPSA) is 9.23 Å². The second-order valence-electron chi connectivity index (χ2n) is 8.12. The van der Waals surface area contributed by atoms with Crippen LogP contribution in [-0.2, 0) is 4.74 Å². The van der Waals surface area contributed by atoms with E-state index in [1.54, 1.807) is 0 Å². The van der Waals surface area contributed by atoms with Crippen molar-refractivity contribution < 1.29 is 4.74 Å². The maximum absolute atomic E-state index is 5.55. The zero-order valence-electron chi connectivity index (χ0n) is 17.7. The van der Waals surface area contributed by atoms with Crippen LogP contribution in [0.15, 0.2) is 0 Å². The molecule has 0 heterocycles. The molecule has 0 aromatic carbocycles. The summed E-state index contributed by atoms with van der Waals surface area (Å²) in [5, 5.41) is 0. The molecule has 0 saturated heterocycles. The lowest BCUT2D eigenvalue weighted by molar-refractivity contribution is 0.0920. The highest BCUT2D eigenvalue weighted by Crippen LogP contribution is 2.22. The van der Waals surface area contributed by atoms with E-state index >= 15 is 0 Å². The molecule has 0 aromatic heterocycles. The number of rotatable bonds is 15. The summed E-state index contributed by atoms with van der Waals surface area (Å²) in [6.07, 6.45) is 21.1. The molecular formula is C24H44OS. The zero-order chi connectivity index (χ0) is 18.7. The second kappa shape index (κ2) is 18.2. The Labute approximate surface area is 168 Å². The second-order valence-corrected chi connectivity index (χ2v) is 9.34. The summed E-state index contributed by atoms with van der Waals surface area (Å²) in [5.41, 5.74) is 0. The van der Waals surface area contributed by atoms with E-state index in [1.165, 1.54) is 95.6 Å². The van der Waals surface area contributed by atoms with E-state index in [2.05, 4.69) is 25.7 Å². The average Bonchev–Trinajstić information content (AvgIpc) is 2.65. The fourth-order valence-corrected chi connectivity index (χ4v) is 4.39. The van der Waals surface area contributed by atoms with Gasteiger partial charge in [-0.1, -0.05) is 70.1 Å². The molecule has 1 saturated carbocycles. The first-order valence-corrected chi connectivity index (χ1v) is 12.6. The molecule has 0 N–H and O–H groups in total. The van der Waals surface area contributed by atoms with E-state index in [0.29, 0.717) is 6.10 Å². The summed E-state index contributed by atoms with van der Waals surface area (Å²) in [4.78, 5) is 0. The summed E-state index contributed by atoms with van der Waals surface area (Å²) in [5.74, 6) is 10.2. The van der Waals surface area contributed by atoms with Crippen molar-refractivity contribution in [2.24, 2.45) is 5.92 Å². The van der Waals surface area contributed by atoms with E-state index < -0.39 is 0 Å². The van der Waals surface area contributed by atoms with Gasteiger partial charge < -0.3 is 4.74 Å². The Morgan fingerprint density at radius 1 is 0.808 bits per heavy atom. The zero-order valence-corrected chi connectivity index (χ0v) is 18.5. The molecule has 0 atom stereocenters. The van der Waals surface area contributed by atoms with E-state index in [4.69, 9.17) is 4.74 Å². The van der Waals surface area contributed by atoms with Crippen LogP contribution in [0.5, 0.6) is 0 Å². The summed E-state index contributed by atoms with van der Waals surface area (Å²) in [6, 6.07) is 0. The largest absolute Gasteiger partial charge is 0.378 e. The summed E-state index contributed by atoms with van der Waals surface area (Å²) >= 11 is 2.05. The predicted molar refractivity (Wildman–Crippen MR) is 119 cm³/mol. The van der Waals surface area contributed by atoms with E-state index in [1.807, 2.05) is 11.8 Å². The van der Waals surface area contributed by atoms with Crippen LogP contribution >= 0.6 is 11.8 Å². The number of ether oxygens (including phenoxy) is 1. The first-order valence-electron chi connectivity index (χ1n) is 11.5. The van der Waals surface area contributed by atoms with Crippen molar-refractivity contribution in [2.45, 2.75) is 116 Å². The molecule has 1 nitrogen and oxygen atoms in total. The van der Waals surface area contributed by atoms with E-state index in [0.717, 1.165) is 24.7 Å². The molecule has 0 bridgehead atoms. The van der Waals surface area contributed by atoms with Crippen LogP contribution in [0, 0.1) is 17.8 Å². The number of hydrogen-bond donors (Lipinski definition) is 0. The van der Waals surface area contributed by atoms with Crippen LogP contribution in [0.2, 0.25) is 0 Å². The lowest BCUT2D eigenvalue weighted by Gasteiger charge is -2.15. The third kappa shape index (κ3) is 16.1. The Bertz CT molecular complexity index is 349. The minimum atomic E-state index is 0.380. The van der Waals surface area contributed by atoms with Gasteiger partial charge in [0.25, 0.3) is 0 Å². The van der Waals surface area contributed by atoms with Gasteiger partial charge in [-0.2, -0.15) is 11.8 Å². The highest BCUT2D eigenvalue weighted by molar-refractivity contribution is 7.99. The van der Waals surface area contributed by atoms with Gasteiger partial charge in [0.2, 0.25) is 0 Å². The molecule has 1 fully saturated rings. The minimum absolute atomic E-state index is 0.380. The Balaban J connectivity index is 1.71. The molecule has 1 rings (SSSR count). The smallest absolute Gasteiger partial charge is 0.0560 e. The quantitative estimate of drug-likeness (QED) is 0.213. The van der Waals surface area contributed by atoms with Crippen LogP contribution in [0.1, 0.15) is 110 Å². The fourth-order valence-electron chi connectivity index (χ4n) is 3.56. The van der Waals surface area contributed by atoms with Crippen molar-refractivity contribution in [3.8, 4) is 11.8 Å². The highest BCUT2D eigenvalue weighted by atomic mass is 32.2. The third-order valence-corrected chi connectivity index (χ3v) is 6.21. The van der Waals surface area contributed by atoms with E-state index in [-0.39, 0.29) is 0 Å². The highest BCUT2D eigenvalue weighted by Gasteiger charge is 2.09. The van der Waals surface area contributed by atoms with Gasteiger partial charge in [-0.05, 0) is 45.3 Å². The van der Waals surface area contributed by atoms with Crippen molar-refractivity contribution >= 4 is 11.8 Å². The molecule has 1 aliphatic rings. The first-order chi connectivity index (χ1) is 12.8. The van der Waals surface area contributed by atoms with Crippen LogP contribution in [0.3, 0.4) is 0 Å². The molecule has 26 heavy (non-hydrogen) atoms. The molecule has 0 radical (unpaired) electrons. The van der Waals surface area contributed by atoms with Gasteiger partial charge in [0.15, 0.2) is 0 Å². The Morgan fingerprint density at radius 2 is 1.42 bits per heavy atom. The minimum Gasteiger partial charge on any atom is -0.378 e. The first kappa shape index (κ1) is 23.9. The summed E-state index contributed by atoms with van der Waals surface area (Å²) < 4.78 is 5.55. The van der Waals surface area contributed by atoms with Crippen LogP contribution in [0.25, 0.3) is 0 Å². The third-order valence-electron chi connectivity index (χ3n) is 5.18. The van der Waals surface area contributed by atoms with Gasteiger partial charge in [0.05, 0.1) is 12.7 Å². The molecule has 1 aliphatic carbocycles. The maximum Gasteiger partial charge on any atom is 0.0560 e. The Hall–Kier alpha value is -0.130. The summed E-state index contributed by atoms with van der Waals surface area (Å²) in [6.45, 7) is 5.13. The standard InChI is InChI=1S/C24H44OS/c1-23(2)25-20-22-26-21-16-11-9-7-5-3-4-6-8-10-13-17-24-18-14-12-15-19-24/h23-24H,3-12,14-16,18-22H2,1-2H3. The molecule has 152 valence electrons. The molecule has 2 heteroatoms. The van der Waals surface area contributed by atoms with Gasteiger partial charge in [-0.25, -0.2) is 0 Å². The predicted octanol–water partition coefficient (Wildman–Crippen LogP) is 7.63. The summed E-state index contributed by atoms with van der Waals surface area (Å²) in [7, 11) is 0. The van der Waals surface area contributed by atoms with Crippen molar-refractivity contribution in [3.05, 3.63) is 0 Å². The van der Waals surface area contributed by atoms with Gasteiger partial charge >= 0.3 is 0 Å². The van der Waals surface area contributed by atoms with Crippen LogP contribution < -0.4 is 0 Å². The molecule has 0 aromatic rings. The van der Waals surface area contributed by atoms with E-state index in [9.17, 15) is 0 Å². The average molecular weight is 381 g/mol. The number of hydrogen-bond acceptors (Lipinski definition) is 2. The number of thioether (sulfide) groups is 1. The van der Waals surface area contributed by atoms with Gasteiger partial charge in [0.1, 0.15) is 0 Å². The van der Waals surface area contributed by atoms with Crippen LogP contribution in [0.4, 0.5) is 0 Å². The number of unbranched alkanes of at least 4 members (excludes halogenated alkanes) is 9. The lowest BCUT2D eigenvalue weighted by atomic mass is 9.90. The Kier molecular flexibility index (Phi) is 16.8. The van der Waals surface area contributed by atoms with Crippen molar-refractivity contribution in [1.82, 2.24) is 0 Å². The maximum atomic E-state index is 5.55. The SMILES string of the molecule is CC(C)OCCSCCCCCCCCCCCC#CC1CCCCC1. The molecule has 0 amide bonds. The molecule has 0 spiro atoms. The van der Waals surface area contributed by atoms with Gasteiger partial charge in [-0.15, -0.1) is 5.92 Å². The molecule has 0 aliphatic heterocycles. The molecule has 0 unspecified atom stereocenters. The van der Waals surface area contributed by atoms with Crippen molar-refractivity contribution in [2.75, 3.05) is 18.1 Å². The van der Waals surface area contributed by atoms with Crippen LogP contribution in [-0.4, -0.2) is 24.2 Å².